The number of aliphatic hydroxyl groups is 1. The summed E-state index contributed by atoms with van der Waals surface area (Å²) in [5, 5.41) is 9.48. The summed E-state index contributed by atoms with van der Waals surface area (Å²) in [4.78, 5) is 0. The van der Waals surface area contributed by atoms with Gasteiger partial charge >= 0.3 is 0 Å². The van der Waals surface area contributed by atoms with Gasteiger partial charge in [-0.1, -0.05) is 6.58 Å². The average Bonchev–Trinajstić information content (AvgIpc) is 2.72. The van der Waals surface area contributed by atoms with Crippen molar-refractivity contribution >= 4 is 7.85 Å². The molecule has 4 heteroatoms. The van der Waals surface area contributed by atoms with E-state index in [0.29, 0.717) is 12.6 Å². The predicted molar refractivity (Wildman–Crippen MR) is 54.8 cm³/mol. The molecule has 1 unspecified atom stereocenters. The van der Waals surface area contributed by atoms with Crippen LogP contribution >= 0.6 is 0 Å². The van der Waals surface area contributed by atoms with Crippen LogP contribution in [-0.4, -0.2) is 38.6 Å². The van der Waals surface area contributed by atoms with E-state index in [1.54, 1.807) is 0 Å². The molecule has 3 nitrogen and oxygen atoms in total. The fourth-order valence-corrected chi connectivity index (χ4v) is 2.71. The number of fused-ring (bicyclic) bond motifs is 1. The fourth-order valence-electron chi connectivity index (χ4n) is 2.71. The van der Waals surface area contributed by atoms with Gasteiger partial charge in [0.25, 0.3) is 0 Å². The molecule has 2 aliphatic rings. The van der Waals surface area contributed by atoms with Crippen molar-refractivity contribution in [3.63, 3.8) is 0 Å². The minimum Gasteiger partial charge on any atom is -0.395 e. The fraction of sp³-hybridized carbons (Fsp3) is 0.700. The van der Waals surface area contributed by atoms with Crippen molar-refractivity contribution in [1.82, 2.24) is 0 Å². The molecule has 0 amide bonds. The van der Waals surface area contributed by atoms with Crippen LogP contribution in [0.5, 0.6) is 0 Å². The molecule has 2 rings (SSSR count). The average molecular weight is 194 g/mol. The minimum absolute atomic E-state index is 0.0308. The van der Waals surface area contributed by atoms with Crippen LogP contribution < -0.4 is 0 Å². The van der Waals surface area contributed by atoms with Crippen LogP contribution in [0.2, 0.25) is 5.82 Å². The van der Waals surface area contributed by atoms with Crippen LogP contribution in [0.15, 0.2) is 18.4 Å². The van der Waals surface area contributed by atoms with E-state index in [9.17, 15) is 5.11 Å². The van der Waals surface area contributed by atoms with Crippen molar-refractivity contribution < 1.29 is 14.6 Å². The smallest absolute Gasteiger partial charge is 0.147 e. The molecule has 0 bridgehead atoms. The van der Waals surface area contributed by atoms with Crippen LogP contribution in [-0.2, 0) is 9.47 Å². The standard InChI is InChI=1S/C10H15BO3/c1-2-3-10(5-12)4-7(11)8-9(10)14-6-13-8/h3,7-9,12H,1,4-6,11H2/t7-,8?,9-,10-/m1/s1. The second kappa shape index (κ2) is 3.56. The van der Waals surface area contributed by atoms with Gasteiger partial charge in [-0.3, -0.25) is 0 Å². The Balaban J connectivity index is 2.30. The van der Waals surface area contributed by atoms with Gasteiger partial charge in [0, 0.05) is 5.41 Å². The van der Waals surface area contributed by atoms with Crippen LogP contribution in [0.25, 0.3) is 0 Å². The van der Waals surface area contributed by atoms with Crippen molar-refractivity contribution in [1.29, 1.82) is 0 Å². The Labute approximate surface area is 84.8 Å². The van der Waals surface area contributed by atoms with E-state index in [4.69, 9.17) is 9.47 Å². The van der Waals surface area contributed by atoms with Gasteiger partial charge < -0.3 is 14.6 Å². The maximum absolute atomic E-state index is 9.48. The van der Waals surface area contributed by atoms with Crippen molar-refractivity contribution in [2.45, 2.75) is 24.4 Å². The molecule has 0 aromatic heterocycles. The number of ether oxygens (including phenoxy) is 2. The Bertz CT molecular complexity index is 275. The zero-order valence-corrected chi connectivity index (χ0v) is 8.40. The quantitative estimate of drug-likeness (QED) is 0.491. The Kier molecular flexibility index (Phi) is 2.54. The van der Waals surface area contributed by atoms with Crippen LogP contribution in [0, 0.1) is 5.41 Å². The summed E-state index contributed by atoms with van der Waals surface area (Å²) in [6.45, 7) is 3.98. The maximum Gasteiger partial charge on any atom is 0.147 e. The lowest BCUT2D eigenvalue weighted by Crippen LogP contribution is -2.35. The van der Waals surface area contributed by atoms with E-state index in [-0.39, 0.29) is 24.2 Å². The number of hydrogen-bond donors (Lipinski definition) is 1. The Morgan fingerprint density at radius 1 is 1.64 bits per heavy atom. The third-order valence-corrected chi connectivity index (χ3v) is 3.32. The van der Waals surface area contributed by atoms with Gasteiger partial charge in [-0.05, 0) is 18.3 Å². The molecular formula is C10H15BO3. The molecule has 0 aromatic rings. The van der Waals surface area contributed by atoms with E-state index in [2.05, 4.69) is 20.2 Å². The van der Waals surface area contributed by atoms with E-state index in [1.807, 2.05) is 6.08 Å². The lowest BCUT2D eigenvalue weighted by atomic mass is 9.79. The second-order valence-electron chi connectivity index (χ2n) is 4.26. The molecule has 1 heterocycles. The summed E-state index contributed by atoms with van der Waals surface area (Å²) in [6, 6.07) is 0. The first kappa shape index (κ1) is 10.00. The molecule has 76 valence electrons. The monoisotopic (exact) mass is 194 g/mol. The van der Waals surface area contributed by atoms with Crippen LogP contribution in [0.4, 0.5) is 0 Å². The van der Waals surface area contributed by atoms with Crippen LogP contribution in [0.3, 0.4) is 0 Å². The summed E-state index contributed by atoms with van der Waals surface area (Å²) in [6.07, 6.45) is 2.80. The first-order chi connectivity index (χ1) is 6.73. The topological polar surface area (TPSA) is 38.7 Å². The van der Waals surface area contributed by atoms with E-state index >= 15 is 0 Å². The molecule has 1 saturated carbocycles. The maximum atomic E-state index is 9.48. The first-order valence-electron chi connectivity index (χ1n) is 4.94. The Hall–Kier alpha value is -0.535. The number of hydrogen-bond acceptors (Lipinski definition) is 3. The molecule has 1 N–H and O–H groups in total. The summed E-state index contributed by atoms with van der Waals surface area (Å²) in [5.41, 5.74) is 2.43. The predicted octanol–water partition coefficient (Wildman–Crippen LogP) is -0.127. The zero-order valence-electron chi connectivity index (χ0n) is 8.40. The SMILES string of the molecule is B[C@@H]1C[C@](C=C=C)(CO)[C@@H]2OCOC12. The number of rotatable bonds is 2. The highest BCUT2D eigenvalue weighted by Gasteiger charge is 2.54. The molecule has 1 saturated heterocycles. The molecule has 1 aliphatic carbocycles. The molecule has 1 aliphatic heterocycles. The van der Waals surface area contributed by atoms with Gasteiger partial charge in [0.05, 0.1) is 18.8 Å². The highest BCUT2D eigenvalue weighted by molar-refractivity contribution is 6.12. The van der Waals surface area contributed by atoms with Gasteiger partial charge in [-0.15, -0.1) is 5.73 Å². The van der Waals surface area contributed by atoms with Crippen LogP contribution in [0.1, 0.15) is 6.42 Å². The molecule has 2 fully saturated rings. The summed E-state index contributed by atoms with van der Waals surface area (Å²) >= 11 is 0. The third kappa shape index (κ3) is 1.27. The van der Waals surface area contributed by atoms with Crippen molar-refractivity contribution in [3.05, 3.63) is 18.4 Å². The minimum atomic E-state index is -0.331. The third-order valence-electron chi connectivity index (χ3n) is 3.32. The van der Waals surface area contributed by atoms with Crippen molar-refractivity contribution in [2.24, 2.45) is 5.41 Å². The lowest BCUT2D eigenvalue weighted by Gasteiger charge is -2.27. The zero-order chi connectivity index (χ0) is 10.2. The highest BCUT2D eigenvalue weighted by Crippen LogP contribution is 2.49. The lowest BCUT2D eigenvalue weighted by molar-refractivity contribution is -0.0133. The van der Waals surface area contributed by atoms with E-state index in [1.165, 1.54) is 0 Å². The second-order valence-corrected chi connectivity index (χ2v) is 4.26. The molecule has 0 spiro atoms. The van der Waals surface area contributed by atoms with Crippen molar-refractivity contribution in [3.8, 4) is 0 Å². The Morgan fingerprint density at radius 2 is 2.43 bits per heavy atom. The molecule has 4 atom stereocenters. The highest BCUT2D eigenvalue weighted by atomic mass is 16.7. The van der Waals surface area contributed by atoms with Gasteiger partial charge in [0.15, 0.2) is 0 Å². The molecule has 14 heavy (non-hydrogen) atoms. The summed E-state index contributed by atoms with van der Waals surface area (Å²) in [5.74, 6) is 0.416. The van der Waals surface area contributed by atoms with Gasteiger partial charge in [0.1, 0.15) is 14.6 Å². The first-order valence-corrected chi connectivity index (χ1v) is 4.94. The van der Waals surface area contributed by atoms with Crippen molar-refractivity contribution in [2.75, 3.05) is 13.4 Å². The Morgan fingerprint density at radius 3 is 3.07 bits per heavy atom. The molecular weight excluding hydrogens is 179 g/mol. The number of aliphatic hydroxyl groups excluding tert-OH is 1. The molecule has 0 radical (unpaired) electrons. The largest absolute Gasteiger partial charge is 0.395 e. The summed E-state index contributed by atoms with van der Waals surface area (Å²) in [7, 11) is 2.13. The van der Waals surface area contributed by atoms with Gasteiger partial charge in [-0.2, -0.15) is 0 Å². The van der Waals surface area contributed by atoms with E-state index in [0.717, 1.165) is 6.42 Å². The molecule has 0 aromatic carbocycles. The summed E-state index contributed by atoms with van der Waals surface area (Å²) < 4.78 is 11.0. The van der Waals surface area contributed by atoms with Gasteiger partial charge in [-0.25, -0.2) is 0 Å². The van der Waals surface area contributed by atoms with Gasteiger partial charge in [0.2, 0.25) is 0 Å². The van der Waals surface area contributed by atoms with E-state index < -0.39 is 0 Å². The normalized spacial score (nSPS) is 45.9.